The van der Waals surface area contributed by atoms with Gasteiger partial charge in [-0.1, -0.05) is 19.1 Å². The predicted octanol–water partition coefficient (Wildman–Crippen LogP) is 1.24. The van der Waals surface area contributed by atoms with Crippen molar-refractivity contribution in [2.45, 2.75) is 19.4 Å². The number of phenols is 1. The Balaban J connectivity index is 2.14. The molecule has 92 valence electrons. The molecule has 1 aromatic rings. The second-order valence-electron chi connectivity index (χ2n) is 4.60. The van der Waals surface area contributed by atoms with Crippen molar-refractivity contribution in [3.63, 3.8) is 0 Å². The van der Waals surface area contributed by atoms with Gasteiger partial charge in [0.25, 0.3) is 5.91 Å². The summed E-state index contributed by atoms with van der Waals surface area (Å²) in [7, 11) is 0. The van der Waals surface area contributed by atoms with E-state index in [1.807, 2.05) is 6.92 Å². The average molecular weight is 235 g/mol. The molecule has 1 amide bonds. The number of hydrogen-bond donors (Lipinski definition) is 2. The smallest absolute Gasteiger partial charge is 0.257 e. The number of likely N-dealkylation sites (tertiary alicyclic amines) is 1. The number of para-hydroxylation sites is 1. The Morgan fingerprint density at radius 2 is 2.12 bits per heavy atom. The van der Waals surface area contributed by atoms with Crippen molar-refractivity contribution in [1.82, 2.24) is 4.90 Å². The van der Waals surface area contributed by atoms with Crippen molar-refractivity contribution in [3.05, 3.63) is 29.8 Å². The fourth-order valence-electron chi connectivity index (χ4n) is 2.14. The van der Waals surface area contributed by atoms with E-state index in [2.05, 4.69) is 0 Å². The van der Waals surface area contributed by atoms with Gasteiger partial charge in [0.15, 0.2) is 0 Å². The number of rotatable bonds is 1. The van der Waals surface area contributed by atoms with Crippen LogP contribution in [0.3, 0.4) is 0 Å². The van der Waals surface area contributed by atoms with E-state index in [1.165, 1.54) is 6.07 Å². The lowest BCUT2D eigenvalue weighted by atomic mass is 9.96. The number of aliphatic hydroxyl groups excluding tert-OH is 1. The van der Waals surface area contributed by atoms with Gasteiger partial charge in [-0.3, -0.25) is 4.79 Å². The summed E-state index contributed by atoms with van der Waals surface area (Å²) in [6.45, 7) is 3.00. The molecule has 0 radical (unpaired) electrons. The van der Waals surface area contributed by atoms with E-state index < -0.39 is 0 Å². The number of amides is 1. The summed E-state index contributed by atoms with van der Waals surface area (Å²) in [6, 6.07) is 6.55. The van der Waals surface area contributed by atoms with Crippen LogP contribution in [0.15, 0.2) is 24.3 Å². The monoisotopic (exact) mass is 235 g/mol. The fourth-order valence-corrected chi connectivity index (χ4v) is 2.14. The largest absolute Gasteiger partial charge is 0.507 e. The van der Waals surface area contributed by atoms with Crippen LogP contribution in [0, 0.1) is 5.92 Å². The first kappa shape index (κ1) is 11.9. The van der Waals surface area contributed by atoms with Crippen molar-refractivity contribution < 1.29 is 15.0 Å². The van der Waals surface area contributed by atoms with Crippen LogP contribution in [0.25, 0.3) is 0 Å². The van der Waals surface area contributed by atoms with E-state index in [0.717, 1.165) is 0 Å². The molecule has 17 heavy (non-hydrogen) atoms. The molecule has 0 spiro atoms. The van der Waals surface area contributed by atoms with Gasteiger partial charge >= 0.3 is 0 Å². The van der Waals surface area contributed by atoms with Gasteiger partial charge in [-0.15, -0.1) is 0 Å². The Morgan fingerprint density at radius 3 is 2.76 bits per heavy atom. The van der Waals surface area contributed by atoms with Crippen LogP contribution in [0.5, 0.6) is 5.75 Å². The van der Waals surface area contributed by atoms with Crippen LogP contribution in [0.4, 0.5) is 0 Å². The van der Waals surface area contributed by atoms with Crippen molar-refractivity contribution in [3.8, 4) is 5.75 Å². The summed E-state index contributed by atoms with van der Waals surface area (Å²) in [5.74, 6) is -0.0725. The summed E-state index contributed by atoms with van der Waals surface area (Å²) in [5.41, 5.74) is 0.330. The first-order valence-electron chi connectivity index (χ1n) is 5.85. The lowest BCUT2D eigenvalue weighted by Crippen LogP contribution is -2.44. The molecule has 2 rings (SSSR count). The average Bonchev–Trinajstić information content (AvgIpc) is 2.32. The maximum atomic E-state index is 12.2. The van der Waals surface area contributed by atoms with Gasteiger partial charge < -0.3 is 15.1 Å². The molecule has 0 bridgehead atoms. The van der Waals surface area contributed by atoms with Crippen LogP contribution in [0.2, 0.25) is 0 Å². The second-order valence-corrected chi connectivity index (χ2v) is 4.60. The minimum absolute atomic E-state index is 0.0104. The van der Waals surface area contributed by atoms with E-state index in [-0.39, 0.29) is 23.7 Å². The normalized spacial score (nSPS) is 24.7. The molecule has 1 aliphatic rings. The maximum absolute atomic E-state index is 12.2. The number of aliphatic hydroxyl groups is 1. The minimum Gasteiger partial charge on any atom is -0.507 e. The Bertz CT molecular complexity index is 419. The molecule has 1 aliphatic heterocycles. The summed E-state index contributed by atoms with van der Waals surface area (Å²) in [4.78, 5) is 13.8. The number of aromatic hydroxyl groups is 1. The van der Waals surface area contributed by atoms with E-state index in [9.17, 15) is 15.0 Å². The Hall–Kier alpha value is -1.55. The predicted molar refractivity (Wildman–Crippen MR) is 63.8 cm³/mol. The van der Waals surface area contributed by atoms with Gasteiger partial charge in [0, 0.05) is 13.1 Å². The first-order chi connectivity index (χ1) is 8.09. The summed E-state index contributed by atoms with van der Waals surface area (Å²) in [5, 5.41) is 19.2. The molecule has 0 aliphatic carbocycles. The van der Waals surface area contributed by atoms with Crippen molar-refractivity contribution >= 4 is 5.91 Å². The van der Waals surface area contributed by atoms with E-state index in [0.29, 0.717) is 25.1 Å². The standard InChI is InChI=1S/C13H17NO3/c1-9-8-14(7-6-11(9)15)13(17)10-4-2-3-5-12(10)16/h2-5,9,11,15-16H,6-8H2,1H3. The number of carbonyl (C=O) groups is 1. The van der Waals surface area contributed by atoms with Crippen molar-refractivity contribution in [1.29, 1.82) is 0 Å². The molecule has 2 atom stereocenters. The third-order valence-electron chi connectivity index (χ3n) is 3.28. The highest BCUT2D eigenvalue weighted by atomic mass is 16.3. The number of carbonyl (C=O) groups excluding carboxylic acids is 1. The Kier molecular flexibility index (Phi) is 3.33. The summed E-state index contributed by atoms with van der Waals surface area (Å²) >= 11 is 0. The molecule has 4 nitrogen and oxygen atoms in total. The molecule has 2 unspecified atom stereocenters. The first-order valence-corrected chi connectivity index (χ1v) is 5.85. The van der Waals surface area contributed by atoms with E-state index in [4.69, 9.17) is 0 Å². The molecular formula is C13H17NO3. The van der Waals surface area contributed by atoms with Gasteiger partial charge in [0.2, 0.25) is 0 Å². The highest BCUT2D eigenvalue weighted by Crippen LogP contribution is 2.22. The van der Waals surface area contributed by atoms with Crippen molar-refractivity contribution in [2.75, 3.05) is 13.1 Å². The zero-order valence-electron chi connectivity index (χ0n) is 9.84. The molecule has 0 saturated carbocycles. The molecule has 1 saturated heterocycles. The van der Waals surface area contributed by atoms with Crippen LogP contribution < -0.4 is 0 Å². The van der Waals surface area contributed by atoms with Gasteiger partial charge in [0.05, 0.1) is 11.7 Å². The third kappa shape index (κ3) is 2.42. The highest BCUT2D eigenvalue weighted by Gasteiger charge is 2.28. The molecular weight excluding hydrogens is 218 g/mol. The second kappa shape index (κ2) is 4.75. The molecule has 0 aromatic heterocycles. The SMILES string of the molecule is CC1CN(C(=O)c2ccccc2O)CCC1O. The van der Waals surface area contributed by atoms with Gasteiger partial charge in [-0.05, 0) is 24.5 Å². The number of nitrogens with zero attached hydrogens (tertiary/aromatic N) is 1. The Morgan fingerprint density at radius 1 is 1.41 bits per heavy atom. The van der Waals surface area contributed by atoms with Crippen LogP contribution in [-0.4, -0.2) is 40.2 Å². The lowest BCUT2D eigenvalue weighted by molar-refractivity contribution is 0.0296. The van der Waals surface area contributed by atoms with Crippen LogP contribution in [0.1, 0.15) is 23.7 Å². The van der Waals surface area contributed by atoms with E-state index >= 15 is 0 Å². The quantitative estimate of drug-likeness (QED) is 0.769. The number of hydrogen-bond acceptors (Lipinski definition) is 3. The highest BCUT2D eigenvalue weighted by molar-refractivity contribution is 5.96. The molecule has 1 fully saturated rings. The van der Waals surface area contributed by atoms with Gasteiger partial charge in [0.1, 0.15) is 5.75 Å². The number of benzene rings is 1. The lowest BCUT2D eigenvalue weighted by Gasteiger charge is -2.34. The summed E-state index contributed by atoms with van der Waals surface area (Å²) < 4.78 is 0. The third-order valence-corrected chi connectivity index (χ3v) is 3.28. The maximum Gasteiger partial charge on any atom is 0.257 e. The fraction of sp³-hybridized carbons (Fsp3) is 0.462. The van der Waals surface area contributed by atoms with E-state index in [1.54, 1.807) is 23.1 Å². The van der Waals surface area contributed by atoms with Gasteiger partial charge in [-0.2, -0.15) is 0 Å². The molecule has 2 N–H and O–H groups in total. The summed E-state index contributed by atoms with van der Waals surface area (Å²) in [6.07, 6.45) is 0.268. The molecule has 4 heteroatoms. The number of phenolic OH excluding ortho intramolecular Hbond substituents is 1. The van der Waals surface area contributed by atoms with Crippen LogP contribution >= 0.6 is 0 Å². The minimum atomic E-state index is -0.330. The number of piperidine rings is 1. The Labute approximate surface area is 100 Å². The molecule has 1 aromatic carbocycles. The zero-order valence-corrected chi connectivity index (χ0v) is 9.84. The zero-order chi connectivity index (χ0) is 12.4. The van der Waals surface area contributed by atoms with Crippen LogP contribution in [-0.2, 0) is 0 Å². The topological polar surface area (TPSA) is 60.8 Å². The van der Waals surface area contributed by atoms with Gasteiger partial charge in [-0.25, -0.2) is 0 Å². The van der Waals surface area contributed by atoms with Crippen molar-refractivity contribution in [2.24, 2.45) is 5.92 Å². The molecule has 1 heterocycles.